The van der Waals surface area contributed by atoms with Gasteiger partial charge < -0.3 is 9.47 Å². The molecule has 7 nitrogen and oxygen atoms in total. The highest BCUT2D eigenvalue weighted by Gasteiger charge is 2.10. The number of nitrogens with zero attached hydrogens (tertiary/aromatic N) is 1. The Morgan fingerprint density at radius 1 is 0.952 bits per heavy atom. The van der Waals surface area contributed by atoms with Gasteiger partial charge in [-0.1, -0.05) is 0 Å². The SMILES string of the molecule is O=Cc1ccc(OC(=O)Oc2ccc([N+](=O)[O-])cc2)cc1. The summed E-state index contributed by atoms with van der Waals surface area (Å²) in [5.41, 5.74) is 0.339. The molecule has 0 saturated carbocycles. The number of benzene rings is 2. The van der Waals surface area contributed by atoms with Gasteiger partial charge in [-0.2, -0.15) is 0 Å². The molecule has 0 spiro atoms. The second kappa shape index (κ2) is 6.29. The summed E-state index contributed by atoms with van der Waals surface area (Å²) in [6.45, 7) is 0. The molecule has 106 valence electrons. The molecule has 2 rings (SSSR count). The molecule has 0 aliphatic carbocycles. The summed E-state index contributed by atoms with van der Waals surface area (Å²) < 4.78 is 9.74. The molecule has 0 fully saturated rings. The summed E-state index contributed by atoms with van der Waals surface area (Å²) >= 11 is 0. The van der Waals surface area contributed by atoms with Crippen LogP contribution in [0.3, 0.4) is 0 Å². The molecule has 2 aromatic carbocycles. The Bertz CT molecular complexity index is 663. The van der Waals surface area contributed by atoms with Gasteiger partial charge in [0, 0.05) is 17.7 Å². The fraction of sp³-hybridized carbons (Fsp3) is 0. The second-order valence-electron chi connectivity index (χ2n) is 3.89. The topological polar surface area (TPSA) is 95.7 Å². The Hall–Kier alpha value is -3.22. The Morgan fingerprint density at radius 3 is 1.86 bits per heavy atom. The van der Waals surface area contributed by atoms with Gasteiger partial charge in [-0.25, -0.2) is 4.79 Å². The number of hydrogen-bond donors (Lipinski definition) is 0. The summed E-state index contributed by atoms with van der Waals surface area (Å²) in [4.78, 5) is 31.9. The molecule has 0 atom stereocenters. The largest absolute Gasteiger partial charge is 0.519 e. The van der Waals surface area contributed by atoms with Crippen molar-refractivity contribution in [2.45, 2.75) is 0 Å². The molecule has 0 saturated heterocycles. The Balaban J connectivity index is 1.97. The minimum Gasteiger partial charge on any atom is -0.395 e. The van der Waals surface area contributed by atoms with Crippen molar-refractivity contribution >= 4 is 18.1 Å². The van der Waals surface area contributed by atoms with E-state index in [9.17, 15) is 19.7 Å². The average molecular weight is 287 g/mol. The highest BCUT2D eigenvalue weighted by atomic mass is 16.7. The van der Waals surface area contributed by atoms with E-state index in [0.717, 1.165) is 0 Å². The van der Waals surface area contributed by atoms with E-state index in [0.29, 0.717) is 11.8 Å². The van der Waals surface area contributed by atoms with E-state index in [1.54, 1.807) is 0 Å². The van der Waals surface area contributed by atoms with Gasteiger partial charge in [-0.3, -0.25) is 14.9 Å². The molecule has 0 aromatic heterocycles. The highest BCUT2D eigenvalue weighted by Crippen LogP contribution is 2.18. The van der Waals surface area contributed by atoms with Crippen molar-refractivity contribution in [2.75, 3.05) is 0 Å². The lowest BCUT2D eigenvalue weighted by Gasteiger charge is -2.05. The Labute approximate surface area is 118 Å². The maximum absolute atomic E-state index is 11.5. The molecule has 7 heteroatoms. The molecule has 0 aliphatic rings. The number of ether oxygens (including phenoxy) is 2. The van der Waals surface area contributed by atoms with Crippen LogP contribution in [0, 0.1) is 10.1 Å². The number of hydrogen-bond acceptors (Lipinski definition) is 6. The quantitative estimate of drug-likeness (QED) is 0.282. The van der Waals surface area contributed by atoms with Crippen molar-refractivity contribution in [1.82, 2.24) is 0 Å². The van der Waals surface area contributed by atoms with Crippen LogP contribution in [0.25, 0.3) is 0 Å². The van der Waals surface area contributed by atoms with E-state index in [-0.39, 0.29) is 17.2 Å². The van der Waals surface area contributed by atoms with Crippen molar-refractivity contribution < 1.29 is 24.0 Å². The first-order valence-corrected chi connectivity index (χ1v) is 5.78. The zero-order valence-corrected chi connectivity index (χ0v) is 10.6. The third kappa shape index (κ3) is 3.87. The maximum atomic E-state index is 11.5. The summed E-state index contributed by atoms with van der Waals surface area (Å²) in [6.07, 6.45) is -0.318. The third-order valence-electron chi connectivity index (χ3n) is 2.47. The minimum atomic E-state index is -0.984. The number of nitro groups is 1. The number of rotatable bonds is 4. The number of aldehydes is 1. The predicted octanol–water partition coefficient (Wildman–Crippen LogP) is 2.99. The summed E-state index contributed by atoms with van der Waals surface area (Å²) in [5.74, 6) is 0.336. The first-order chi connectivity index (χ1) is 10.1. The molecule has 0 radical (unpaired) electrons. The number of nitro benzene ring substituents is 1. The number of carbonyl (C=O) groups is 2. The lowest BCUT2D eigenvalue weighted by molar-refractivity contribution is -0.384. The minimum absolute atomic E-state index is 0.111. The van der Waals surface area contributed by atoms with E-state index in [2.05, 4.69) is 0 Å². The van der Waals surface area contributed by atoms with E-state index >= 15 is 0 Å². The lowest BCUT2D eigenvalue weighted by Crippen LogP contribution is -2.13. The van der Waals surface area contributed by atoms with Crippen molar-refractivity contribution in [2.24, 2.45) is 0 Å². The second-order valence-corrected chi connectivity index (χ2v) is 3.89. The predicted molar refractivity (Wildman–Crippen MR) is 71.6 cm³/mol. The van der Waals surface area contributed by atoms with Gasteiger partial charge >= 0.3 is 6.16 Å². The van der Waals surface area contributed by atoms with Crippen LogP contribution < -0.4 is 9.47 Å². The van der Waals surface area contributed by atoms with Gasteiger partial charge in [0.2, 0.25) is 0 Å². The molecule has 0 amide bonds. The first-order valence-electron chi connectivity index (χ1n) is 5.78. The lowest BCUT2D eigenvalue weighted by atomic mass is 10.2. The Kier molecular flexibility index (Phi) is 4.25. The molecular weight excluding hydrogens is 278 g/mol. The third-order valence-corrected chi connectivity index (χ3v) is 2.47. The number of carbonyl (C=O) groups excluding carboxylic acids is 2. The van der Waals surface area contributed by atoms with Crippen LogP contribution in [0.15, 0.2) is 48.5 Å². The molecule has 0 unspecified atom stereocenters. The van der Waals surface area contributed by atoms with E-state index in [4.69, 9.17) is 9.47 Å². The van der Waals surface area contributed by atoms with Gasteiger partial charge in [0.15, 0.2) is 0 Å². The van der Waals surface area contributed by atoms with Crippen LogP contribution in [0.2, 0.25) is 0 Å². The molecular formula is C14H9NO6. The van der Waals surface area contributed by atoms with Crippen LogP contribution in [0.1, 0.15) is 10.4 Å². The van der Waals surface area contributed by atoms with Crippen LogP contribution in [0.4, 0.5) is 10.5 Å². The molecule has 21 heavy (non-hydrogen) atoms. The number of non-ortho nitro benzene ring substituents is 1. The standard InChI is InChI=1S/C14H9NO6/c16-9-10-1-5-12(6-2-10)20-14(17)21-13-7-3-11(4-8-13)15(18)19/h1-9H. The van der Waals surface area contributed by atoms with E-state index < -0.39 is 11.1 Å². The summed E-state index contributed by atoms with van der Waals surface area (Å²) in [5, 5.41) is 10.5. The molecule has 0 heterocycles. The highest BCUT2D eigenvalue weighted by molar-refractivity contribution is 5.75. The zero-order valence-electron chi connectivity index (χ0n) is 10.6. The Morgan fingerprint density at radius 2 is 1.43 bits per heavy atom. The smallest absolute Gasteiger partial charge is 0.395 e. The monoisotopic (exact) mass is 287 g/mol. The van der Waals surface area contributed by atoms with E-state index in [1.165, 1.54) is 48.5 Å². The van der Waals surface area contributed by atoms with Crippen LogP contribution in [0.5, 0.6) is 11.5 Å². The summed E-state index contributed by atoms with van der Waals surface area (Å²) in [7, 11) is 0. The van der Waals surface area contributed by atoms with Crippen molar-refractivity contribution in [3.8, 4) is 11.5 Å². The van der Waals surface area contributed by atoms with Gasteiger partial charge in [0.1, 0.15) is 17.8 Å². The van der Waals surface area contributed by atoms with Gasteiger partial charge in [-0.05, 0) is 36.4 Å². The van der Waals surface area contributed by atoms with Crippen LogP contribution in [-0.4, -0.2) is 17.4 Å². The fourth-order valence-electron chi connectivity index (χ4n) is 1.46. The first kappa shape index (κ1) is 14.2. The zero-order chi connectivity index (χ0) is 15.2. The fourth-order valence-corrected chi connectivity index (χ4v) is 1.46. The van der Waals surface area contributed by atoms with Gasteiger partial charge in [0.05, 0.1) is 4.92 Å². The molecule has 0 N–H and O–H groups in total. The molecule has 0 aliphatic heterocycles. The van der Waals surface area contributed by atoms with Crippen molar-refractivity contribution in [3.05, 3.63) is 64.2 Å². The van der Waals surface area contributed by atoms with Gasteiger partial charge in [0.25, 0.3) is 5.69 Å². The average Bonchev–Trinajstić information content (AvgIpc) is 2.48. The van der Waals surface area contributed by atoms with Crippen molar-refractivity contribution in [3.63, 3.8) is 0 Å². The van der Waals surface area contributed by atoms with Crippen LogP contribution >= 0.6 is 0 Å². The van der Waals surface area contributed by atoms with Crippen molar-refractivity contribution in [1.29, 1.82) is 0 Å². The van der Waals surface area contributed by atoms with E-state index in [1.807, 2.05) is 0 Å². The maximum Gasteiger partial charge on any atom is 0.519 e. The van der Waals surface area contributed by atoms with Crippen LogP contribution in [-0.2, 0) is 0 Å². The molecule has 0 bridgehead atoms. The molecule has 2 aromatic rings. The summed E-state index contributed by atoms with van der Waals surface area (Å²) in [6, 6.07) is 10.9. The normalized spacial score (nSPS) is 9.71. The van der Waals surface area contributed by atoms with Gasteiger partial charge in [-0.15, -0.1) is 0 Å².